The molecule has 0 aliphatic heterocycles. The Hall–Kier alpha value is -2.86. The van der Waals surface area contributed by atoms with Gasteiger partial charge in [0.05, 0.1) is 0 Å². The summed E-state index contributed by atoms with van der Waals surface area (Å²) in [5.74, 6) is 0. The van der Waals surface area contributed by atoms with Gasteiger partial charge in [0, 0.05) is 0 Å². The molecule has 216 valence electrons. The lowest BCUT2D eigenvalue weighted by Gasteiger charge is -2.34. The number of hydrogen-bond acceptors (Lipinski definition) is 0. The molecule has 0 radical (unpaired) electrons. The fourth-order valence-corrected chi connectivity index (χ4v) is 5.79. The van der Waals surface area contributed by atoms with E-state index in [4.69, 9.17) is 0 Å². The molecule has 0 heterocycles. The summed E-state index contributed by atoms with van der Waals surface area (Å²) < 4.78 is 0. The Labute approximate surface area is 247 Å². The normalized spacial score (nSPS) is 22.7. The van der Waals surface area contributed by atoms with Crippen LogP contribution in [0.1, 0.15) is 107 Å². The highest BCUT2D eigenvalue weighted by Gasteiger charge is 2.28. The average molecular weight is 537 g/mol. The van der Waals surface area contributed by atoms with Gasteiger partial charge in [-0.05, 0) is 96.0 Å². The SMILES string of the molecule is C=C1CCCC(C)(C)/C1=C/C=C(C)\C=C\C=C(C)\C=C\C=C/C(C)=C/C=C/C(C)=C/CC1=C(C)CCCC1(C)C. The molecule has 0 bridgehead atoms. The summed E-state index contributed by atoms with van der Waals surface area (Å²) in [5.41, 5.74) is 11.6. The Morgan fingerprint density at radius 2 is 1.18 bits per heavy atom. The van der Waals surface area contributed by atoms with Crippen molar-refractivity contribution >= 4 is 0 Å². The maximum atomic E-state index is 4.30. The van der Waals surface area contributed by atoms with E-state index in [-0.39, 0.29) is 5.41 Å². The van der Waals surface area contributed by atoms with Gasteiger partial charge in [-0.3, -0.25) is 0 Å². The molecule has 40 heavy (non-hydrogen) atoms. The molecular formula is C40H56. The molecule has 2 aliphatic rings. The zero-order chi connectivity index (χ0) is 29.8. The molecule has 0 aromatic heterocycles. The minimum atomic E-state index is 0.230. The van der Waals surface area contributed by atoms with E-state index in [0.717, 1.165) is 12.8 Å². The topological polar surface area (TPSA) is 0 Å². The lowest BCUT2D eigenvalue weighted by Crippen LogP contribution is -2.20. The van der Waals surface area contributed by atoms with Gasteiger partial charge < -0.3 is 0 Å². The van der Waals surface area contributed by atoms with Gasteiger partial charge in [0.1, 0.15) is 0 Å². The zero-order valence-electron chi connectivity index (χ0n) is 27.2. The van der Waals surface area contributed by atoms with E-state index in [1.807, 2.05) is 0 Å². The van der Waals surface area contributed by atoms with Crippen LogP contribution in [0, 0.1) is 10.8 Å². The fraction of sp³-hybridized carbons (Fsp3) is 0.450. The summed E-state index contributed by atoms with van der Waals surface area (Å²) in [4.78, 5) is 0. The van der Waals surface area contributed by atoms with Gasteiger partial charge in [0.15, 0.2) is 0 Å². The third-order valence-corrected chi connectivity index (χ3v) is 8.48. The van der Waals surface area contributed by atoms with Crippen molar-refractivity contribution in [2.75, 3.05) is 0 Å². The highest BCUT2D eigenvalue weighted by Crippen LogP contribution is 2.43. The van der Waals surface area contributed by atoms with E-state index in [1.54, 1.807) is 11.1 Å². The molecule has 0 amide bonds. The van der Waals surface area contributed by atoms with Crippen molar-refractivity contribution < 1.29 is 0 Å². The van der Waals surface area contributed by atoms with Crippen LogP contribution in [0.15, 0.2) is 130 Å². The molecule has 1 saturated carbocycles. The minimum absolute atomic E-state index is 0.230. The molecule has 0 unspecified atom stereocenters. The number of allylic oxidation sites excluding steroid dienone is 21. The molecule has 2 rings (SSSR count). The fourth-order valence-electron chi connectivity index (χ4n) is 5.79. The van der Waals surface area contributed by atoms with E-state index >= 15 is 0 Å². The molecule has 0 aromatic carbocycles. The lowest BCUT2D eigenvalue weighted by atomic mass is 9.71. The van der Waals surface area contributed by atoms with Crippen molar-refractivity contribution in [2.24, 2.45) is 10.8 Å². The first-order chi connectivity index (χ1) is 18.8. The van der Waals surface area contributed by atoms with Crippen molar-refractivity contribution in [3.8, 4) is 0 Å². The predicted molar refractivity (Wildman–Crippen MR) is 181 cm³/mol. The third kappa shape index (κ3) is 11.3. The number of hydrogen-bond donors (Lipinski definition) is 0. The Morgan fingerprint density at radius 1 is 0.675 bits per heavy atom. The maximum Gasteiger partial charge on any atom is -0.0101 e. The van der Waals surface area contributed by atoms with Crippen molar-refractivity contribution in [3.63, 3.8) is 0 Å². The molecule has 1 fully saturated rings. The second kappa shape index (κ2) is 15.8. The van der Waals surface area contributed by atoms with Crippen LogP contribution in [0.3, 0.4) is 0 Å². The molecule has 0 spiro atoms. The second-order valence-electron chi connectivity index (χ2n) is 13.2. The smallest absolute Gasteiger partial charge is 0.0101 e. The first-order valence-electron chi connectivity index (χ1n) is 15.3. The van der Waals surface area contributed by atoms with Gasteiger partial charge in [-0.25, -0.2) is 0 Å². The summed E-state index contributed by atoms with van der Waals surface area (Å²) in [6.45, 7) is 24.7. The van der Waals surface area contributed by atoms with E-state index < -0.39 is 0 Å². The van der Waals surface area contributed by atoms with Crippen LogP contribution in [0.5, 0.6) is 0 Å². The van der Waals surface area contributed by atoms with Crippen LogP contribution >= 0.6 is 0 Å². The van der Waals surface area contributed by atoms with Crippen LogP contribution in [0.2, 0.25) is 0 Å². The van der Waals surface area contributed by atoms with Crippen LogP contribution in [-0.2, 0) is 0 Å². The summed E-state index contributed by atoms with van der Waals surface area (Å²) in [7, 11) is 0. The van der Waals surface area contributed by atoms with Crippen LogP contribution in [0.4, 0.5) is 0 Å². The first-order valence-corrected chi connectivity index (χ1v) is 15.3. The maximum absolute atomic E-state index is 4.30. The van der Waals surface area contributed by atoms with Gasteiger partial charge in [-0.2, -0.15) is 0 Å². The average Bonchev–Trinajstić information content (AvgIpc) is 2.85. The van der Waals surface area contributed by atoms with Gasteiger partial charge in [0.25, 0.3) is 0 Å². The molecule has 0 heteroatoms. The quantitative estimate of drug-likeness (QED) is 0.192. The van der Waals surface area contributed by atoms with E-state index in [1.165, 1.54) is 65.5 Å². The van der Waals surface area contributed by atoms with E-state index in [2.05, 4.69) is 148 Å². The molecule has 0 nitrogen and oxygen atoms in total. The molecular weight excluding hydrogens is 480 g/mol. The second-order valence-corrected chi connectivity index (χ2v) is 13.2. The van der Waals surface area contributed by atoms with Gasteiger partial charge in [-0.15, -0.1) is 0 Å². The Balaban J connectivity index is 1.86. The highest BCUT2D eigenvalue weighted by molar-refractivity contribution is 5.40. The van der Waals surface area contributed by atoms with Crippen molar-refractivity contribution in [1.82, 2.24) is 0 Å². The monoisotopic (exact) mass is 536 g/mol. The van der Waals surface area contributed by atoms with Crippen molar-refractivity contribution in [3.05, 3.63) is 130 Å². The van der Waals surface area contributed by atoms with Crippen LogP contribution < -0.4 is 0 Å². The van der Waals surface area contributed by atoms with Crippen molar-refractivity contribution in [2.45, 2.75) is 107 Å². The standard InChI is InChI=1S/C40H56/c1-31(19-13-21-33(3)25-27-37-35(5)23-15-29-39(37,7)8)17-11-12-18-32(2)20-14-22-34(4)26-28-38-36(6)24-16-30-40(38,9)10/h11-14,17-22,25-27H,5,15-16,23-24,28-30H2,1-4,6-10H3/b17-11+,18-12-,21-13+,22-14+,31-19+,32-20+,33-25-,34-26+,37-27+. The van der Waals surface area contributed by atoms with Crippen molar-refractivity contribution in [1.29, 1.82) is 0 Å². The molecule has 0 atom stereocenters. The summed E-state index contributed by atoms with van der Waals surface area (Å²) in [5, 5.41) is 0. The van der Waals surface area contributed by atoms with E-state index in [9.17, 15) is 0 Å². The zero-order valence-corrected chi connectivity index (χ0v) is 27.2. The van der Waals surface area contributed by atoms with Crippen LogP contribution in [-0.4, -0.2) is 0 Å². The summed E-state index contributed by atoms with van der Waals surface area (Å²) >= 11 is 0. The highest BCUT2D eigenvalue weighted by atomic mass is 14.3. The summed E-state index contributed by atoms with van der Waals surface area (Å²) in [6, 6.07) is 0. The number of rotatable bonds is 10. The Morgan fingerprint density at radius 3 is 1.75 bits per heavy atom. The third-order valence-electron chi connectivity index (χ3n) is 8.48. The largest absolute Gasteiger partial charge is 0.0955 e. The van der Waals surface area contributed by atoms with Gasteiger partial charge >= 0.3 is 0 Å². The van der Waals surface area contributed by atoms with Crippen LogP contribution in [0.25, 0.3) is 0 Å². The van der Waals surface area contributed by atoms with E-state index in [0.29, 0.717) is 5.41 Å². The summed E-state index contributed by atoms with van der Waals surface area (Å²) in [6.07, 6.45) is 37.0. The van der Waals surface area contributed by atoms with Gasteiger partial charge in [0.2, 0.25) is 0 Å². The first kappa shape index (κ1) is 33.3. The Kier molecular flexibility index (Phi) is 13.2. The molecule has 0 N–H and O–H groups in total. The lowest BCUT2D eigenvalue weighted by molar-refractivity contribution is 0.360. The predicted octanol–water partition coefficient (Wildman–Crippen LogP) is 12.6. The minimum Gasteiger partial charge on any atom is -0.0955 e. The Bertz CT molecular complexity index is 1200. The van der Waals surface area contributed by atoms with Gasteiger partial charge in [-0.1, -0.05) is 152 Å². The molecule has 0 saturated heterocycles. The molecule has 2 aliphatic carbocycles. The molecule has 0 aromatic rings.